The Balaban J connectivity index is 1.79. The lowest BCUT2D eigenvalue weighted by Gasteiger charge is -2.39. The Morgan fingerprint density at radius 1 is 1.33 bits per heavy atom. The fourth-order valence-electron chi connectivity index (χ4n) is 3.77. The van der Waals surface area contributed by atoms with Crippen molar-refractivity contribution in [3.8, 4) is 18.1 Å². The number of anilines is 1. The van der Waals surface area contributed by atoms with E-state index in [1.807, 2.05) is 18.2 Å². The molecule has 3 heterocycles. The van der Waals surface area contributed by atoms with E-state index in [0.717, 1.165) is 37.1 Å². The number of para-hydroxylation sites is 1. The highest BCUT2D eigenvalue weighted by molar-refractivity contribution is 5.95. The van der Waals surface area contributed by atoms with Crippen molar-refractivity contribution in [2.24, 2.45) is 0 Å². The van der Waals surface area contributed by atoms with Crippen LogP contribution < -0.4 is 10.5 Å². The summed E-state index contributed by atoms with van der Waals surface area (Å²) in [5.41, 5.74) is 7.29. The van der Waals surface area contributed by atoms with Gasteiger partial charge in [-0.25, -0.2) is 9.97 Å². The average Bonchev–Trinajstić information content (AvgIpc) is 3.14. The van der Waals surface area contributed by atoms with Gasteiger partial charge in [0.05, 0.1) is 12.6 Å². The lowest BCUT2D eigenvalue weighted by Crippen LogP contribution is -2.47. The molecule has 0 saturated carbocycles. The first-order valence-corrected chi connectivity index (χ1v) is 9.16. The molecule has 0 radical (unpaired) electrons. The lowest BCUT2D eigenvalue weighted by molar-refractivity contribution is 0.123. The second-order valence-electron chi connectivity index (χ2n) is 7.52. The number of nitrogen functional groups attached to an aromatic ring is 1. The number of piperidine rings is 1. The Labute approximate surface area is 158 Å². The number of nitrogens with two attached hydrogens (primary N) is 1. The van der Waals surface area contributed by atoms with Crippen molar-refractivity contribution in [1.29, 1.82) is 0 Å². The monoisotopic (exact) mass is 364 g/mol. The molecule has 0 amide bonds. The van der Waals surface area contributed by atoms with Crippen molar-refractivity contribution in [2.45, 2.75) is 38.1 Å². The van der Waals surface area contributed by atoms with E-state index < -0.39 is 0 Å². The molecule has 1 saturated heterocycles. The molecule has 1 atom stereocenters. The van der Waals surface area contributed by atoms with Crippen molar-refractivity contribution in [1.82, 2.24) is 24.5 Å². The van der Waals surface area contributed by atoms with Crippen molar-refractivity contribution in [2.75, 3.05) is 25.9 Å². The van der Waals surface area contributed by atoms with Gasteiger partial charge in [-0.1, -0.05) is 12.0 Å². The van der Waals surface area contributed by atoms with Crippen LogP contribution in [0.1, 0.15) is 38.4 Å². The molecule has 0 aliphatic carbocycles. The molecule has 7 nitrogen and oxygen atoms in total. The van der Waals surface area contributed by atoms with E-state index in [-0.39, 0.29) is 11.5 Å². The van der Waals surface area contributed by atoms with E-state index in [1.54, 1.807) is 11.6 Å². The Kier molecular flexibility index (Phi) is 4.16. The molecule has 140 valence electrons. The third-order valence-corrected chi connectivity index (χ3v) is 5.46. The van der Waals surface area contributed by atoms with Gasteiger partial charge >= 0.3 is 0 Å². The van der Waals surface area contributed by atoms with E-state index in [4.69, 9.17) is 21.9 Å². The number of nitrogens with zero attached hydrogens (tertiary/aromatic N) is 5. The van der Waals surface area contributed by atoms with Crippen molar-refractivity contribution in [3.05, 3.63) is 24.0 Å². The molecule has 4 rings (SSSR count). The van der Waals surface area contributed by atoms with Crippen LogP contribution in [0, 0.1) is 12.3 Å². The van der Waals surface area contributed by atoms with Gasteiger partial charge in [0.15, 0.2) is 11.5 Å². The van der Waals surface area contributed by atoms with E-state index in [1.165, 1.54) is 0 Å². The van der Waals surface area contributed by atoms with E-state index in [9.17, 15) is 0 Å². The van der Waals surface area contributed by atoms with Crippen LogP contribution in [0.5, 0.6) is 5.75 Å². The van der Waals surface area contributed by atoms with Gasteiger partial charge in [-0.3, -0.25) is 4.90 Å². The summed E-state index contributed by atoms with van der Waals surface area (Å²) in [4.78, 5) is 11.6. The first kappa shape index (κ1) is 17.6. The molecule has 0 bridgehead atoms. The summed E-state index contributed by atoms with van der Waals surface area (Å²) in [6.45, 7) is 5.98. The maximum absolute atomic E-state index is 6.16. The number of hydrogen-bond donors (Lipinski definition) is 1. The predicted molar refractivity (Wildman–Crippen MR) is 106 cm³/mol. The van der Waals surface area contributed by atoms with Gasteiger partial charge in [-0.05, 0) is 45.4 Å². The fraction of sp³-hybridized carbons (Fsp3) is 0.450. The Morgan fingerprint density at radius 2 is 2.15 bits per heavy atom. The summed E-state index contributed by atoms with van der Waals surface area (Å²) in [5.74, 6) is 4.87. The molecular formula is C20H24N6O. The number of benzene rings is 1. The van der Waals surface area contributed by atoms with Crippen LogP contribution in [0.2, 0.25) is 0 Å². The minimum absolute atomic E-state index is 0.214. The maximum Gasteiger partial charge on any atom is 0.223 e. The first-order chi connectivity index (χ1) is 12.9. The second-order valence-corrected chi connectivity index (χ2v) is 7.52. The van der Waals surface area contributed by atoms with Gasteiger partial charge in [0.25, 0.3) is 0 Å². The first-order valence-electron chi connectivity index (χ1n) is 9.16. The van der Waals surface area contributed by atoms with Crippen LogP contribution in [0.4, 0.5) is 5.95 Å². The molecule has 1 unspecified atom stereocenters. The smallest absolute Gasteiger partial charge is 0.223 e. The SMILES string of the molecule is C#CC(C)(C)N1CCCC(c2nc3c4cccc(OC)c4nc(N)n3n2)C1. The van der Waals surface area contributed by atoms with E-state index in [0.29, 0.717) is 22.9 Å². The molecule has 1 fully saturated rings. The molecule has 1 aliphatic heterocycles. The molecule has 7 heteroatoms. The topological polar surface area (TPSA) is 81.6 Å². The quantitative estimate of drug-likeness (QED) is 0.719. The van der Waals surface area contributed by atoms with Crippen LogP contribution in [0.15, 0.2) is 18.2 Å². The van der Waals surface area contributed by atoms with Crippen LogP contribution in [0.3, 0.4) is 0 Å². The van der Waals surface area contributed by atoms with Gasteiger partial charge < -0.3 is 10.5 Å². The molecule has 1 aliphatic rings. The fourth-order valence-corrected chi connectivity index (χ4v) is 3.77. The van der Waals surface area contributed by atoms with Crippen molar-refractivity contribution < 1.29 is 4.74 Å². The largest absolute Gasteiger partial charge is 0.494 e. The van der Waals surface area contributed by atoms with Gasteiger partial charge in [-0.15, -0.1) is 11.5 Å². The molecule has 3 aromatic rings. The number of rotatable bonds is 3. The number of likely N-dealkylation sites (tertiary alicyclic amines) is 1. The third-order valence-electron chi connectivity index (χ3n) is 5.46. The summed E-state index contributed by atoms with van der Waals surface area (Å²) < 4.78 is 7.04. The Morgan fingerprint density at radius 3 is 2.89 bits per heavy atom. The molecule has 2 aromatic heterocycles. The minimum atomic E-state index is -0.279. The number of hydrogen-bond acceptors (Lipinski definition) is 6. The summed E-state index contributed by atoms with van der Waals surface area (Å²) in [6.07, 6.45) is 7.82. The zero-order valence-corrected chi connectivity index (χ0v) is 15.9. The Hall–Kier alpha value is -2.85. The van der Waals surface area contributed by atoms with E-state index in [2.05, 4.69) is 34.8 Å². The summed E-state index contributed by atoms with van der Waals surface area (Å²) >= 11 is 0. The number of terminal acetylenes is 1. The zero-order valence-electron chi connectivity index (χ0n) is 15.9. The van der Waals surface area contributed by atoms with Gasteiger partial charge in [0.2, 0.25) is 5.95 Å². The average molecular weight is 364 g/mol. The Bertz CT molecular complexity index is 1050. The maximum atomic E-state index is 6.16. The normalized spacial score (nSPS) is 18.7. The lowest BCUT2D eigenvalue weighted by atomic mass is 9.92. The highest BCUT2D eigenvalue weighted by Crippen LogP contribution is 2.32. The third kappa shape index (κ3) is 2.86. The summed E-state index contributed by atoms with van der Waals surface area (Å²) in [5, 5.41) is 5.56. The van der Waals surface area contributed by atoms with Gasteiger partial charge in [-0.2, -0.15) is 4.52 Å². The molecule has 1 aromatic carbocycles. The standard InChI is InChI=1S/C20H24N6O/c1-5-20(2,3)25-11-7-8-13(12-25)17-23-18-14-9-6-10-15(27-4)16(14)22-19(21)26(18)24-17/h1,6,9-10,13H,7-8,11-12H2,2-4H3,(H2,21,22). The van der Waals surface area contributed by atoms with Gasteiger partial charge in [0, 0.05) is 17.8 Å². The highest BCUT2D eigenvalue weighted by Gasteiger charge is 2.32. The highest BCUT2D eigenvalue weighted by atomic mass is 16.5. The van der Waals surface area contributed by atoms with Gasteiger partial charge in [0.1, 0.15) is 11.3 Å². The molecule has 27 heavy (non-hydrogen) atoms. The van der Waals surface area contributed by atoms with E-state index >= 15 is 0 Å². The van der Waals surface area contributed by atoms with Crippen molar-refractivity contribution in [3.63, 3.8) is 0 Å². The van der Waals surface area contributed by atoms with Crippen molar-refractivity contribution >= 4 is 22.5 Å². The number of fused-ring (bicyclic) bond motifs is 3. The number of aromatic nitrogens is 4. The summed E-state index contributed by atoms with van der Waals surface area (Å²) in [6, 6.07) is 5.75. The minimum Gasteiger partial charge on any atom is -0.494 e. The van der Waals surface area contributed by atoms with Crippen LogP contribution in [-0.4, -0.2) is 50.2 Å². The van der Waals surface area contributed by atoms with Crippen LogP contribution in [0.25, 0.3) is 16.6 Å². The number of ether oxygens (including phenoxy) is 1. The van der Waals surface area contributed by atoms with Crippen LogP contribution in [-0.2, 0) is 0 Å². The number of methoxy groups -OCH3 is 1. The second kappa shape index (κ2) is 6.39. The molecular weight excluding hydrogens is 340 g/mol. The molecule has 0 spiro atoms. The van der Waals surface area contributed by atoms with Crippen LogP contribution >= 0.6 is 0 Å². The zero-order chi connectivity index (χ0) is 19.2. The molecule has 2 N–H and O–H groups in total. The summed E-state index contributed by atoms with van der Waals surface area (Å²) in [7, 11) is 1.62. The predicted octanol–water partition coefficient (Wildman–Crippen LogP) is 2.46.